The van der Waals surface area contributed by atoms with Gasteiger partial charge in [-0.05, 0) is 127 Å². The first-order valence-corrected chi connectivity index (χ1v) is 17.1. The minimum Gasteiger partial charge on any atom is -0.481 e. The largest absolute Gasteiger partial charge is 0.481 e. The summed E-state index contributed by atoms with van der Waals surface area (Å²) in [7, 11) is 0. The van der Waals surface area contributed by atoms with E-state index >= 15 is 0 Å². The van der Waals surface area contributed by atoms with E-state index in [9.17, 15) is 14.3 Å². The van der Waals surface area contributed by atoms with E-state index in [1.807, 2.05) is 12.1 Å². The van der Waals surface area contributed by atoms with Gasteiger partial charge in [0, 0.05) is 5.41 Å². The summed E-state index contributed by atoms with van der Waals surface area (Å²) in [5.41, 5.74) is 14.9. The summed E-state index contributed by atoms with van der Waals surface area (Å²) in [4.78, 5) is 13.1. The molecule has 7 heteroatoms. The fourth-order valence-corrected chi connectivity index (χ4v) is 11.9. The molecule has 0 spiro atoms. The van der Waals surface area contributed by atoms with E-state index in [1.54, 1.807) is 0 Å². The van der Waals surface area contributed by atoms with Crippen molar-refractivity contribution in [3.05, 3.63) is 52.9 Å². The van der Waals surface area contributed by atoms with Crippen LogP contribution in [0.3, 0.4) is 0 Å². The molecule has 5 aliphatic rings. The number of rotatable bonds is 3. The van der Waals surface area contributed by atoms with Gasteiger partial charge in [0.25, 0.3) is 0 Å². The zero-order chi connectivity index (χ0) is 32.7. The zero-order valence-corrected chi connectivity index (χ0v) is 28.3. The van der Waals surface area contributed by atoms with E-state index in [0.29, 0.717) is 23.7 Å². The standard InChI is InChI=1S/C38H53FN4O2/c1-22-14-17-38(32(44)45)19-18-36(6)27(30(38)23(22)2)12-13-29-35(5)21-25(20-24-8-10-26(39)11-9-24)31(42-43-33(40)41)34(3,4)28(35)15-16-37(29,36)7/h8-12,20,22-23,28-30H,13-19,21H2,1-7H3,(H,44,45)(H4,40,41,43)/b25-20+,42-31+/t22-,23+,28+,29-,30+,35+,36-,37-,38+/m1/s1. The van der Waals surface area contributed by atoms with Crippen molar-refractivity contribution in [1.29, 1.82) is 0 Å². The number of benzene rings is 1. The first kappa shape index (κ1) is 32.0. The Labute approximate surface area is 268 Å². The highest BCUT2D eigenvalue weighted by molar-refractivity contribution is 6.08. The van der Waals surface area contributed by atoms with Gasteiger partial charge in [-0.1, -0.05) is 72.2 Å². The van der Waals surface area contributed by atoms with Crippen LogP contribution >= 0.6 is 0 Å². The Morgan fingerprint density at radius 3 is 2.31 bits per heavy atom. The van der Waals surface area contributed by atoms with Gasteiger partial charge < -0.3 is 16.6 Å². The lowest BCUT2D eigenvalue weighted by atomic mass is 9.33. The normalized spacial score (nSPS) is 43.7. The van der Waals surface area contributed by atoms with Crippen molar-refractivity contribution in [3.63, 3.8) is 0 Å². The molecule has 0 radical (unpaired) electrons. The lowest BCUT2D eigenvalue weighted by molar-refractivity contribution is -0.179. The van der Waals surface area contributed by atoms with Crippen LogP contribution < -0.4 is 11.5 Å². The Kier molecular flexibility index (Phi) is 7.49. The predicted octanol–water partition coefficient (Wildman–Crippen LogP) is 8.19. The predicted molar refractivity (Wildman–Crippen MR) is 180 cm³/mol. The first-order valence-electron chi connectivity index (χ1n) is 17.1. The number of hydrogen-bond donors (Lipinski definition) is 3. The van der Waals surface area contributed by atoms with Crippen molar-refractivity contribution in [2.45, 2.75) is 99.8 Å². The van der Waals surface area contributed by atoms with Crippen molar-refractivity contribution in [2.24, 2.45) is 78.3 Å². The summed E-state index contributed by atoms with van der Waals surface area (Å²) in [6, 6.07) is 6.62. The van der Waals surface area contributed by atoms with Gasteiger partial charge in [0.05, 0.1) is 11.1 Å². The van der Waals surface area contributed by atoms with Gasteiger partial charge in [-0.2, -0.15) is 5.10 Å². The quantitative estimate of drug-likeness (QED) is 0.137. The summed E-state index contributed by atoms with van der Waals surface area (Å²) in [6.45, 7) is 16.7. The van der Waals surface area contributed by atoms with Crippen LogP contribution in [-0.2, 0) is 4.79 Å². The lowest BCUT2D eigenvalue weighted by Gasteiger charge is -2.71. The fourth-order valence-electron chi connectivity index (χ4n) is 11.9. The molecule has 6 nitrogen and oxygen atoms in total. The Balaban J connectivity index is 1.48. The average molecular weight is 617 g/mol. The van der Waals surface area contributed by atoms with Crippen molar-refractivity contribution >= 4 is 23.7 Å². The van der Waals surface area contributed by atoms with Gasteiger partial charge in [-0.25, -0.2) is 4.39 Å². The van der Waals surface area contributed by atoms with Crippen molar-refractivity contribution < 1.29 is 14.3 Å². The highest BCUT2D eigenvalue weighted by Crippen LogP contribution is 2.76. The highest BCUT2D eigenvalue weighted by atomic mass is 19.1. The third-order valence-electron chi connectivity index (χ3n) is 14.5. The number of fused-ring (bicyclic) bond motifs is 7. The van der Waals surface area contributed by atoms with Gasteiger partial charge in [0.1, 0.15) is 5.82 Å². The molecule has 5 N–H and O–H groups in total. The second kappa shape index (κ2) is 10.5. The van der Waals surface area contributed by atoms with Crippen LogP contribution in [-0.4, -0.2) is 22.7 Å². The molecule has 4 fully saturated rings. The molecule has 0 bridgehead atoms. The van der Waals surface area contributed by atoms with Crippen LogP contribution in [0.25, 0.3) is 6.08 Å². The van der Waals surface area contributed by atoms with Gasteiger partial charge in [0.2, 0.25) is 5.96 Å². The Bertz CT molecular complexity index is 1510. The van der Waals surface area contributed by atoms with E-state index in [0.717, 1.165) is 68.2 Å². The summed E-state index contributed by atoms with van der Waals surface area (Å²) >= 11 is 0. The number of carboxylic acids is 1. The van der Waals surface area contributed by atoms with Crippen molar-refractivity contribution in [2.75, 3.05) is 0 Å². The average Bonchev–Trinajstić information content (AvgIpc) is 2.95. The SMILES string of the molecule is C[C@H]1[C@H](C)CC[C@]2(C(=O)O)CC[C@]3(C)C(=CC[C@@H]4[C@@]5(C)CC(=C\c6ccc(F)cc6)/C(=N\N=C(N)N)C(C)(C)[C@@H]5CC[C@]43C)[C@H]12. The molecule has 1 aromatic carbocycles. The van der Waals surface area contributed by atoms with Gasteiger partial charge in [-0.15, -0.1) is 5.10 Å². The first-order chi connectivity index (χ1) is 21.0. The van der Waals surface area contributed by atoms with Gasteiger partial charge in [0.15, 0.2) is 0 Å². The number of nitrogens with two attached hydrogens (primary N) is 2. The van der Waals surface area contributed by atoms with Crippen molar-refractivity contribution in [1.82, 2.24) is 0 Å². The number of carboxylic acid groups (broad SMARTS) is 1. The monoisotopic (exact) mass is 616 g/mol. The van der Waals surface area contributed by atoms with E-state index in [-0.39, 0.29) is 39.4 Å². The Hall–Kier alpha value is -2.96. The molecule has 0 amide bonds. The molecule has 9 atom stereocenters. The molecule has 0 aromatic heterocycles. The third kappa shape index (κ3) is 4.49. The molecular formula is C38H53FN4O2. The molecule has 5 aliphatic carbocycles. The summed E-state index contributed by atoms with van der Waals surface area (Å²) in [5, 5.41) is 19.6. The van der Waals surface area contributed by atoms with E-state index in [1.165, 1.54) is 17.7 Å². The fraction of sp³-hybridized carbons (Fsp3) is 0.658. The zero-order valence-electron chi connectivity index (χ0n) is 28.3. The summed E-state index contributed by atoms with van der Waals surface area (Å²) in [5.74, 6) is 0.811. The summed E-state index contributed by atoms with van der Waals surface area (Å²) < 4.78 is 13.8. The van der Waals surface area contributed by atoms with E-state index in [2.05, 4.69) is 70.8 Å². The molecule has 0 unspecified atom stereocenters. The molecule has 0 saturated heterocycles. The second-order valence-electron chi connectivity index (χ2n) is 16.7. The third-order valence-corrected chi connectivity index (χ3v) is 14.5. The van der Waals surface area contributed by atoms with Crippen LogP contribution in [0.5, 0.6) is 0 Å². The number of allylic oxidation sites excluding steroid dienone is 3. The Morgan fingerprint density at radius 2 is 1.67 bits per heavy atom. The molecule has 244 valence electrons. The van der Waals surface area contributed by atoms with Crippen LogP contribution in [0.2, 0.25) is 0 Å². The van der Waals surface area contributed by atoms with E-state index in [4.69, 9.17) is 11.5 Å². The summed E-state index contributed by atoms with van der Waals surface area (Å²) in [6.07, 6.45) is 12.1. The number of hydrogen-bond acceptors (Lipinski definition) is 3. The smallest absolute Gasteiger partial charge is 0.310 e. The van der Waals surface area contributed by atoms with Crippen LogP contribution in [0.15, 0.2) is 51.7 Å². The topological polar surface area (TPSA) is 114 Å². The van der Waals surface area contributed by atoms with Gasteiger partial charge in [-0.3, -0.25) is 4.79 Å². The molecule has 0 aliphatic heterocycles. The second-order valence-corrected chi connectivity index (χ2v) is 16.7. The highest BCUT2D eigenvalue weighted by Gasteiger charge is 2.69. The van der Waals surface area contributed by atoms with Gasteiger partial charge >= 0.3 is 5.97 Å². The van der Waals surface area contributed by atoms with Crippen LogP contribution in [0.4, 0.5) is 4.39 Å². The Morgan fingerprint density at radius 1 is 0.978 bits per heavy atom. The molecule has 0 heterocycles. The maximum absolute atomic E-state index is 13.8. The molecule has 6 rings (SSSR count). The number of aliphatic carboxylic acids is 1. The maximum atomic E-state index is 13.8. The van der Waals surface area contributed by atoms with Crippen molar-refractivity contribution in [3.8, 4) is 0 Å². The van der Waals surface area contributed by atoms with E-state index < -0.39 is 11.4 Å². The number of halogens is 1. The molecule has 1 aromatic rings. The maximum Gasteiger partial charge on any atom is 0.310 e. The number of guanidine groups is 1. The lowest BCUT2D eigenvalue weighted by Crippen LogP contribution is -2.65. The molecular weight excluding hydrogens is 563 g/mol. The minimum atomic E-state index is -0.643. The molecule has 45 heavy (non-hydrogen) atoms. The molecule has 4 saturated carbocycles. The minimum absolute atomic E-state index is 0.0267. The number of nitrogens with zero attached hydrogens (tertiary/aromatic N) is 2. The van der Waals surface area contributed by atoms with Crippen LogP contribution in [0, 0.1) is 62.5 Å². The van der Waals surface area contributed by atoms with Crippen LogP contribution in [0.1, 0.15) is 105 Å². The number of carbonyl (C=O) groups is 1.